The Hall–Kier alpha value is -1.06. The molecule has 0 saturated carbocycles. The topological polar surface area (TPSA) is 38.3 Å². The Morgan fingerprint density at radius 2 is 2.25 bits per heavy atom. The Bertz CT molecular complexity index is 450. The van der Waals surface area contributed by atoms with Crippen molar-refractivity contribution in [3.05, 3.63) is 34.9 Å². The maximum absolute atomic E-state index is 11.9. The molecular formula is C16H22ClNO2. The highest BCUT2D eigenvalue weighted by molar-refractivity contribution is 6.31. The van der Waals surface area contributed by atoms with Crippen LogP contribution in [0.15, 0.2) is 24.3 Å². The maximum Gasteiger partial charge on any atom is 0.224 e. The van der Waals surface area contributed by atoms with E-state index in [1.54, 1.807) is 0 Å². The monoisotopic (exact) mass is 295 g/mol. The predicted octanol–water partition coefficient (Wildman–Crippen LogP) is 3.20. The molecule has 1 fully saturated rings. The van der Waals surface area contributed by atoms with Crippen molar-refractivity contribution < 1.29 is 9.53 Å². The Labute approximate surface area is 125 Å². The zero-order chi connectivity index (χ0) is 14.4. The zero-order valence-electron chi connectivity index (χ0n) is 11.9. The predicted molar refractivity (Wildman–Crippen MR) is 80.9 cm³/mol. The van der Waals surface area contributed by atoms with Crippen molar-refractivity contribution in [3.63, 3.8) is 0 Å². The fourth-order valence-electron chi connectivity index (χ4n) is 2.65. The molecule has 2 rings (SSSR count). The fraction of sp³-hybridized carbons (Fsp3) is 0.562. The summed E-state index contributed by atoms with van der Waals surface area (Å²) in [5, 5.41) is 3.64. The summed E-state index contributed by atoms with van der Waals surface area (Å²) in [7, 11) is 0. The van der Waals surface area contributed by atoms with Crippen LogP contribution in [-0.4, -0.2) is 25.2 Å². The van der Waals surface area contributed by atoms with Crippen LogP contribution in [0, 0.1) is 5.92 Å². The van der Waals surface area contributed by atoms with Gasteiger partial charge in [-0.3, -0.25) is 4.79 Å². The van der Waals surface area contributed by atoms with E-state index < -0.39 is 0 Å². The largest absolute Gasteiger partial charge is 0.378 e. The van der Waals surface area contributed by atoms with Gasteiger partial charge in [0.15, 0.2) is 0 Å². The summed E-state index contributed by atoms with van der Waals surface area (Å²) in [6.45, 7) is 3.70. The third-order valence-electron chi connectivity index (χ3n) is 3.78. The lowest BCUT2D eigenvalue weighted by molar-refractivity contribution is -0.120. The molecule has 0 unspecified atom stereocenters. The van der Waals surface area contributed by atoms with Gasteiger partial charge in [0.25, 0.3) is 0 Å². The Morgan fingerprint density at radius 1 is 1.45 bits per heavy atom. The van der Waals surface area contributed by atoms with Gasteiger partial charge < -0.3 is 10.1 Å². The van der Waals surface area contributed by atoms with Crippen molar-refractivity contribution in [1.29, 1.82) is 0 Å². The van der Waals surface area contributed by atoms with Crippen LogP contribution in [0.1, 0.15) is 31.7 Å². The number of halogens is 1. The third kappa shape index (κ3) is 4.80. The average Bonchev–Trinajstić information content (AvgIpc) is 2.41. The summed E-state index contributed by atoms with van der Waals surface area (Å²) in [6, 6.07) is 7.48. The van der Waals surface area contributed by atoms with Crippen LogP contribution >= 0.6 is 11.6 Å². The summed E-state index contributed by atoms with van der Waals surface area (Å²) in [6.07, 6.45) is 3.93. The van der Waals surface area contributed by atoms with Crippen molar-refractivity contribution in [2.24, 2.45) is 5.92 Å². The minimum absolute atomic E-state index is 0.0400. The highest BCUT2D eigenvalue weighted by Crippen LogP contribution is 2.22. The van der Waals surface area contributed by atoms with Gasteiger partial charge in [0.05, 0.1) is 12.5 Å². The van der Waals surface area contributed by atoms with Gasteiger partial charge in [-0.2, -0.15) is 0 Å². The second-order valence-corrected chi connectivity index (χ2v) is 5.89. The van der Waals surface area contributed by atoms with Crippen molar-refractivity contribution in [1.82, 2.24) is 5.32 Å². The normalized spacial score (nSPS) is 22.5. The van der Waals surface area contributed by atoms with E-state index in [1.807, 2.05) is 24.3 Å². The van der Waals surface area contributed by atoms with Gasteiger partial charge in [-0.15, -0.1) is 0 Å². The molecule has 0 aromatic heterocycles. The van der Waals surface area contributed by atoms with Crippen LogP contribution in [0.2, 0.25) is 5.02 Å². The molecule has 0 spiro atoms. The first-order chi connectivity index (χ1) is 9.65. The summed E-state index contributed by atoms with van der Waals surface area (Å²) in [5.41, 5.74) is 0.881. The van der Waals surface area contributed by atoms with Crippen LogP contribution in [0.4, 0.5) is 0 Å². The number of benzene rings is 1. The quantitative estimate of drug-likeness (QED) is 0.906. The summed E-state index contributed by atoms with van der Waals surface area (Å²) in [4.78, 5) is 11.9. The highest BCUT2D eigenvalue weighted by Gasteiger charge is 2.19. The Balaban J connectivity index is 1.69. The number of carbonyl (C=O) groups is 1. The van der Waals surface area contributed by atoms with Crippen molar-refractivity contribution in [2.75, 3.05) is 13.2 Å². The molecule has 1 heterocycles. The highest BCUT2D eigenvalue weighted by atomic mass is 35.5. The van der Waals surface area contributed by atoms with Crippen LogP contribution in [-0.2, 0) is 16.0 Å². The van der Waals surface area contributed by atoms with E-state index in [0.717, 1.165) is 38.0 Å². The van der Waals surface area contributed by atoms with E-state index >= 15 is 0 Å². The molecule has 1 aromatic rings. The smallest absolute Gasteiger partial charge is 0.224 e. The molecule has 1 N–H and O–H groups in total. The number of hydrogen-bond donors (Lipinski definition) is 1. The van der Waals surface area contributed by atoms with Gasteiger partial charge in [0.2, 0.25) is 5.91 Å². The molecule has 2 atom stereocenters. The molecule has 0 aliphatic carbocycles. The molecular weight excluding hydrogens is 274 g/mol. The minimum atomic E-state index is 0.0400. The molecule has 20 heavy (non-hydrogen) atoms. The summed E-state index contributed by atoms with van der Waals surface area (Å²) < 4.78 is 5.53. The fourth-order valence-corrected chi connectivity index (χ4v) is 2.85. The number of carbonyl (C=O) groups excluding carboxylic acids is 1. The van der Waals surface area contributed by atoms with Gasteiger partial charge in [-0.25, -0.2) is 0 Å². The van der Waals surface area contributed by atoms with Gasteiger partial charge >= 0.3 is 0 Å². The van der Waals surface area contributed by atoms with Gasteiger partial charge in [-0.05, 0) is 43.7 Å². The molecule has 110 valence electrons. The van der Waals surface area contributed by atoms with E-state index in [0.29, 0.717) is 23.5 Å². The third-order valence-corrected chi connectivity index (χ3v) is 4.15. The number of rotatable bonds is 5. The molecule has 1 amide bonds. The standard InChI is InChI=1S/C16H22ClNO2/c1-12-10-13(7-9-20-12)6-8-18-16(19)11-14-4-2-3-5-15(14)17/h2-5,12-13H,6-11H2,1H3,(H,18,19)/t12-,13-/m1/s1. The van der Waals surface area contributed by atoms with E-state index in [2.05, 4.69) is 12.2 Å². The van der Waals surface area contributed by atoms with Crippen LogP contribution in [0.3, 0.4) is 0 Å². The van der Waals surface area contributed by atoms with Gasteiger partial charge in [0, 0.05) is 18.2 Å². The second kappa shape index (κ2) is 7.65. The van der Waals surface area contributed by atoms with Crippen LogP contribution in [0.5, 0.6) is 0 Å². The van der Waals surface area contributed by atoms with Crippen molar-refractivity contribution >= 4 is 17.5 Å². The lowest BCUT2D eigenvalue weighted by Gasteiger charge is -2.27. The second-order valence-electron chi connectivity index (χ2n) is 5.48. The first kappa shape index (κ1) is 15.3. The summed E-state index contributed by atoms with van der Waals surface area (Å²) >= 11 is 6.05. The van der Waals surface area contributed by atoms with E-state index in [-0.39, 0.29) is 5.91 Å². The maximum atomic E-state index is 11.9. The van der Waals surface area contributed by atoms with Crippen molar-refractivity contribution in [2.45, 2.75) is 38.7 Å². The van der Waals surface area contributed by atoms with Crippen LogP contribution in [0.25, 0.3) is 0 Å². The van der Waals surface area contributed by atoms with Crippen LogP contribution < -0.4 is 5.32 Å². The van der Waals surface area contributed by atoms with Gasteiger partial charge in [0.1, 0.15) is 0 Å². The van der Waals surface area contributed by atoms with Gasteiger partial charge in [-0.1, -0.05) is 29.8 Å². The minimum Gasteiger partial charge on any atom is -0.378 e. The van der Waals surface area contributed by atoms with Crippen molar-refractivity contribution in [3.8, 4) is 0 Å². The number of hydrogen-bond acceptors (Lipinski definition) is 2. The molecule has 1 saturated heterocycles. The number of nitrogens with one attached hydrogen (secondary N) is 1. The molecule has 1 aliphatic heterocycles. The SMILES string of the molecule is C[C@@H]1C[C@H](CCNC(=O)Cc2ccccc2Cl)CCO1. The molecule has 1 aromatic carbocycles. The Kier molecular flexibility index (Phi) is 5.86. The Morgan fingerprint density at radius 3 is 3.00 bits per heavy atom. The zero-order valence-corrected chi connectivity index (χ0v) is 12.7. The molecule has 0 bridgehead atoms. The number of ether oxygens (including phenoxy) is 1. The number of amides is 1. The van der Waals surface area contributed by atoms with E-state index in [4.69, 9.17) is 16.3 Å². The lowest BCUT2D eigenvalue weighted by atomic mass is 9.93. The first-order valence-electron chi connectivity index (χ1n) is 7.27. The summed E-state index contributed by atoms with van der Waals surface area (Å²) in [5.74, 6) is 0.706. The molecule has 3 nitrogen and oxygen atoms in total. The van der Waals surface area contributed by atoms with E-state index in [1.165, 1.54) is 0 Å². The van der Waals surface area contributed by atoms with E-state index in [9.17, 15) is 4.79 Å². The molecule has 1 aliphatic rings. The first-order valence-corrected chi connectivity index (χ1v) is 7.64. The average molecular weight is 296 g/mol. The molecule has 0 radical (unpaired) electrons. The lowest BCUT2D eigenvalue weighted by Crippen LogP contribution is -2.30. The molecule has 4 heteroatoms.